The zero-order valence-electron chi connectivity index (χ0n) is 9.14. The molecule has 14 heavy (non-hydrogen) atoms. The standard InChI is InChI=1S/C12H18N2/c1-11(2)9-10-13-14(3)12-7-5-4-6-8-12/h4-8,10-11H,9H2,1-3H3/b13-10+. The lowest BCUT2D eigenvalue weighted by Crippen LogP contribution is -2.08. The highest BCUT2D eigenvalue weighted by molar-refractivity contribution is 5.60. The lowest BCUT2D eigenvalue weighted by Gasteiger charge is -2.12. The zero-order valence-corrected chi connectivity index (χ0v) is 9.14. The lowest BCUT2D eigenvalue weighted by molar-refractivity contribution is 0.688. The van der Waals surface area contributed by atoms with Crippen molar-refractivity contribution in [3.8, 4) is 0 Å². The summed E-state index contributed by atoms with van der Waals surface area (Å²) in [4.78, 5) is 0. The molecule has 0 heterocycles. The summed E-state index contributed by atoms with van der Waals surface area (Å²) >= 11 is 0. The van der Waals surface area contributed by atoms with Crippen LogP contribution in [0.15, 0.2) is 35.4 Å². The third kappa shape index (κ3) is 3.60. The molecule has 0 aliphatic heterocycles. The Hall–Kier alpha value is -1.31. The maximum Gasteiger partial charge on any atom is 0.0590 e. The summed E-state index contributed by atoms with van der Waals surface area (Å²) in [5.74, 6) is 0.669. The van der Waals surface area contributed by atoms with Gasteiger partial charge in [0.05, 0.1) is 5.69 Å². The van der Waals surface area contributed by atoms with Gasteiger partial charge >= 0.3 is 0 Å². The van der Waals surface area contributed by atoms with Gasteiger partial charge in [-0.1, -0.05) is 32.0 Å². The molecule has 0 aliphatic carbocycles. The van der Waals surface area contributed by atoms with Gasteiger partial charge in [0.25, 0.3) is 0 Å². The Labute approximate surface area is 86.2 Å². The van der Waals surface area contributed by atoms with E-state index in [4.69, 9.17) is 0 Å². The Bertz CT molecular complexity index is 278. The summed E-state index contributed by atoms with van der Waals surface area (Å²) < 4.78 is 0. The van der Waals surface area contributed by atoms with Gasteiger partial charge in [-0.2, -0.15) is 5.10 Å². The van der Waals surface area contributed by atoms with Crippen molar-refractivity contribution in [2.24, 2.45) is 11.0 Å². The van der Waals surface area contributed by atoms with Gasteiger partial charge < -0.3 is 0 Å². The van der Waals surface area contributed by atoms with Crippen LogP contribution in [0.25, 0.3) is 0 Å². The van der Waals surface area contributed by atoms with Crippen molar-refractivity contribution in [1.82, 2.24) is 0 Å². The van der Waals surface area contributed by atoms with E-state index in [0.29, 0.717) is 5.92 Å². The Morgan fingerprint density at radius 3 is 2.50 bits per heavy atom. The molecule has 1 aromatic rings. The van der Waals surface area contributed by atoms with E-state index >= 15 is 0 Å². The minimum absolute atomic E-state index is 0.669. The second-order valence-corrected chi connectivity index (χ2v) is 3.79. The van der Waals surface area contributed by atoms with Gasteiger partial charge in [0.15, 0.2) is 0 Å². The second-order valence-electron chi connectivity index (χ2n) is 3.79. The predicted octanol–water partition coefficient (Wildman–Crippen LogP) is 3.15. The average molecular weight is 190 g/mol. The number of para-hydroxylation sites is 1. The van der Waals surface area contributed by atoms with E-state index in [2.05, 4.69) is 18.9 Å². The first-order valence-electron chi connectivity index (χ1n) is 5.01. The monoisotopic (exact) mass is 190 g/mol. The normalized spacial score (nSPS) is 11.1. The topological polar surface area (TPSA) is 15.6 Å². The van der Waals surface area contributed by atoms with E-state index in [-0.39, 0.29) is 0 Å². The van der Waals surface area contributed by atoms with Gasteiger partial charge in [-0.05, 0) is 24.5 Å². The molecule has 0 fully saturated rings. The quantitative estimate of drug-likeness (QED) is 0.526. The molecule has 0 spiro atoms. The van der Waals surface area contributed by atoms with Crippen molar-refractivity contribution in [3.05, 3.63) is 30.3 Å². The molecule has 0 atom stereocenters. The van der Waals surface area contributed by atoms with Crippen LogP contribution in [0.2, 0.25) is 0 Å². The molecule has 2 nitrogen and oxygen atoms in total. The molecule has 0 saturated carbocycles. The summed E-state index contributed by atoms with van der Waals surface area (Å²) in [7, 11) is 1.96. The third-order valence-corrected chi connectivity index (χ3v) is 1.96. The number of hydrogen-bond donors (Lipinski definition) is 0. The molecule has 0 radical (unpaired) electrons. The van der Waals surface area contributed by atoms with Crippen LogP contribution in [0.4, 0.5) is 5.69 Å². The van der Waals surface area contributed by atoms with E-state index < -0.39 is 0 Å². The first kappa shape index (κ1) is 10.8. The number of benzene rings is 1. The lowest BCUT2D eigenvalue weighted by atomic mass is 10.2. The Kier molecular flexibility index (Phi) is 4.17. The molecule has 0 amide bonds. The van der Waals surface area contributed by atoms with Crippen LogP contribution in [-0.2, 0) is 0 Å². The zero-order chi connectivity index (χ0) is 10.4. The molecular formula is C12H18N2. The van der Waals surface area contributed by atoms with Crippen LogP contribution in [-0.4, -0.2) is 13.3 Å². The smallest absolute Gasteiger partial charge is 0.0590 e. The highest BCUT2D eigenvalue weighted by Gasteiger charge is 1.95. The van der Waals surface area contributed by atoms with Gasteiger partial charge in [0.1, 0.15) is 0 Å². The molecule has 0 unspecified atom stereocenters. The third-order valence-electron chi connectivity index (χ3n) is 1.96. The molecule has 0 bridgehead atoms. The molecule has 1 rings (SSSR count). The summed E-state index contributed by atoms with van der Waals surface area (Å²) in [6, 6.07) is 10.1. The molecule has 76 valence electrons. The van der Waals surface area contributed by atoms with E-state index in [0.717, 1.165) is 12.1 Å². The fraction of sp³-hybridized carbons (Fsp3) is 0.417. The van der Waals surface area contributed by atoms with Crippen LogP contribution >= 0.6 is 0 Å². The molecule has 1 aromatic carbocycles. The Morgan fingerprint density at radius 2 is 1.93 bits per heavy atom. The number of anilines is 1. The molecule has 0 aromatic heterocycles. The van der Waals surface area contributed by atoms with Crippen LogP contribution in [0.1, 0.15) is 20.3 Å². The predicted molar refractivity (Wildman–Crippen MR) is 62.8 cm³/mol. The SMILES string of the molecule is CC(C)C/C=N/N(C)c1ccccc1. The maximum absolute atomic E-state index is 4.34. The Balaban J connectivity index is 2.50. The minimum atomic E-state index is 0.669. The number of hydrazone groups is 1. The number of rotatable bonds is 4. The van der Waals surface area contributed by atoms with Crippen molar-refractivity contribution < 1.29 is 0 Å². The van der Waals surface area contributed by atoms with Crippen molar-refractivity contribution in [2.75, 3.05) is 12.1 Å². The molecule has 0 N–H and O–H groups in total. The van der Waals surface area contributed by atoms with Crippen molar-refractivity contribution >= 4 is 11.9 Å². The van der Waals surface area contributed by atoms with Crippen LogP contribution in [0, 0.1) is 5.92 Å². The van der Waals surface area contributed by atoms with Crippen molar-refractivity contribution in [3.63, 3.8) is 0 Å². The van der Waals surface area contributed by atoms with Crippen molar-refractivity contribution in [1.29, 1.82) is 0 Å². The average Bonchev–Trinajstić information content (AvgIpc) is 2.18. The van der Waals surface area contributed by atoms with Gasteiger partial charge in [0.2, 0.25) is 0 Å². The fourth-order valence-electron chi connectivity index (χ4n) is 1.09. The first-order valence-corrected chi connectivity index (χ1v) is 5.01. The van der Waals surface area contributed by atoms with Gasteiger partial charge in [-0.15, -0.1) is 0 Å². The summed E-state index contributed by atoms with van der Waals surface area (Å²) in [5, 5.41) is 6.23. The number of nitrogens with zero attached hydrogens (tertiary/aromatic N) is 2. The number of hydrogen-bond acceptors (Lipinski definition) is 2. The molecule has 0 aliphatic rings. The van der Waals surface area contributed by atoms with E-state index in [9.17, 15) is 0 Å². The first-order chi connectivity index (χ1) is 6.70. The molecule has 0 saturated heterocycles. The fourth-order valence-corrected chi connectivity index (χ4v) is 1.09. The summed E-state index contributed by atoms with van der Waals surface area (Å²) in [6.07, 6.45) is 2.99. The van der Waals surface area contributed by atoms with E-state index in [1.807, 2.05) is 48.6 Å². The second kappa shape index (κ2) is 5.43. The summed E-state index contributed by atoms with van der Waals surface area (Å²) in [6.45, 7) is 4.38. The van der Waals surface area contributed by atoms with Crippen molar-refractivity contribution in [2.45, 2.75) is 20.3 Å². The maximum atomic E-state index is 4.34. The summed E-state index contributed by atoms with van der Waals surface area (Å²) in [5.41, 5.74) is 1.12. The Morgan fingerprint density at radius 1 is 1.29 bits per heavy atom. The van der Waals surface area contributed by atoms with Crippen LogP contribution in [0.3, 0.4) is 0 Å². The molecular weight excluding hydrogens is 172 g/mol. The van der Waals surface area contributed by atoms with E-state index in [1.165, 1.54) is 0 Å². The minimum Gasteiger partial charge on any atom is -0.269 e. The largest absolute Gasteiger partial charge is 0.269 e. The van der Waals surface area contributed by atoms with Gasteiger partial charge in [-0.25, -0.2) is 0 Å². The van der Waals surface area contributed by atoms with Crippen LogP contribution < -0.4 is 5.01 Å². The highest BCUT2D eigenvalue weighted by Crippen LogP contribution is 2.10. The van der Waals surface area contributed by atoms with Gasteiger partial charge in [0, 0.05) is 13.3 Å². The van der Waals surface area contributed by atoms with E-state index in [1.54, 1.807) is 0 Å². The van der Waals surface area contributed by atoms with Gasteiger partial charge in [-0.3, -0.25) is 5.01 Å². The highest BCUT2D eigenvalue weighted by atomic mass is 15.4. The van der Waals surface area contributed by atoms with Crippen LogP contribution in [0.5, 0.6) is 0 Å². The molecule has 2 heteroatoms.